The number of aromatic nitrogens is 3. The summed E-state index contributed by atoms with van der Waals surface area (Å²) in [6.45, 7) is 20.5. The van der Waals surface area contributed by atoms with Gasteiger partial charge in [-0.2, -0.15) is 0 Å². The smallest absolute Gasteiger partial charge is 0.193 e. The van der Waals surface area contributed by atoms with Crippen LogP contribution >= 0.6 is 11.6 Å². The predicted octanol–water partition coefficient (Wildman–Crippen LogP) is 10.1. The zero-order valence-corrected chi connectivity index (χ0v) is 34.0. The topological polar surface area (TPSA) is 93.7 Å². The molecule has 0 radical (unpaired) electrons. The summed E-state index contributed by atoms with van der Waals surface area (Å²) >= 11 is 6.44. The molecule has 12 heteroatoms. The maximum atomic E-state index is 7.61. The Hall–Kier alpha value is -1.58. The van der Waals surface area contributed by atoms with Gasteiger partial charge in [0.2, 0.25) is 0 Å². The van der Waals surface area contributed by atoms with E-state index in [1.165, 1.54) is 6.33 Å². The maximum Gasteiger partial charge on any atom is 0.193 e. The van der Waals surface area contributed by atoms with Crippen molar-refractivity contribution in [2.24, 2.45) is 0 Å². The lowest BCUT2D eigenvalue weighted by Gasteiger charge is -2.42. The molecule has 0 aliphatic carbocycles. The number of nitrogen functional groups attached to an aromatic ring is 1. The van der Waals surface area contributed by atoms with Gasteiger partial charge in [-0.1, -0.05) is 86.0 Å². The molecule has 1 unspecified atom stereocenters. The highest BCUT2D eigenvalue weighted by molar-refractivity contribution is 6.74. The molecule has 0 bridgehead atoms. The van der Waals surface area contributed by atoms with Crippen molar-refractivity contribution in [3.05, 3.63) is 53.4 Å². The average molecular weight is 720 g/mol. The lowest BCUT2D eigenvalue weighted by atomic mass is 9.99. The average Bonchev–Trinajstić information content (AvgIpc) is 3.69. The molecule has 1 aromatic carbocycles. The minimum absolute atomic E-state index is 0.336. The SMILES string of the molecule is CC[Si](CC)(CC)OC(c1ccc(Cl)cc1)[C@H]1O[C@H](n2ccc3c(N)ncnc32)[C@H](O[Si](CC)(CC)CC)[C@@H]1O[Si](CC)(CC)CC. The summed E-state index contributed by atoms with van der Waals surface area (Å²) in [6, 6.07) is 19.3. The van der Waals surface area contributed by atoms with Gasteiger partial charge in [0, 0.05) is 11.2 Å². The Morgan fingerprint density at radius 3 is 1.77 bits per heavy atom. The number of fused-ring (bicyclic) bond motifs is 1. The Morgan fingerprint density at radius 1 is 0.745 bits per heavy atom. The summed E-state index contributed by atoms with van der Waals surface area (Å²) in [4.78, 5) is 8.96. The van der Waals surface area contributed by atoms with Crippen LogP contribution in [0.5, 0.6) is 0 Å². The molecule has 3 aromatic rings. The van der Waals surface area contributed by atoms with Crippen molar-refractivity contribution >= 4 is 53.4 Å². The lowest BCUT2D eigenvalue weighted by molar-refractivity contribution is -0.0780. The van der Waals surface area contributed by atoms with Crippen molar-refractivity contribution in [1.29, 1.82) is 0 Å². The molecule has 1 fully saturated rings. The van der Waals surface area contributed by atoms with E-state index >= 15 is 0 Å². The normalized spacial score (nSPS) is 21.5. The molecule has 262 valence electrons. The largest absolute Gasteiger partial charge is 0.408 e. The molecule has 2 aromatic heterocycles. The second-order valence-corrected chi connectivity index (χ2v) is 27.8. The zero-order chi connectivity index (χ0) is 34.4. The number of anilines is 1. The third-order valence-electron chi connectivity index (χ3n) is 11.5. The first-order valence-electron chi connectivity index (χ1n) is 18.1. The van der Waals surface area contributed by atoms with Crippen LogP contribution in [0.4, 0.5) is 5.82 Å². The second kappa shape index (κ2) is 16.4. The van der Waals surface area contributed by atoms with E-state index < -0.39 is 37.3 Å². The second-order valence-electron chi connectivity index (χ2n) is 13.2. The molecule has 4 rings (SSSR count). The van der Waals surface area contributed by atoms with E-state index in [2.05, 4.69) is 84.0 Å². The summed E-state index contributed by atoms with van der Waals surface area (Å²) in [5.74, 6) is 0.453. The first kappa shape index (κ1) is 38.2. The number of benzene rings is 1. The van der Waals surface area contributed by atoms with E-state index in [9.17, 15) is 0 Å². The lowest BCUT2D eigenvalue weighted by Crippen LogP contribution is -2.53. The van der Waals surface area contributed by atoms with Crippen molar-refractivity contribution in [2.75, 3.05) is 5.73 Å². The summed E-state index contributed by atoms with van der Waals surface area (Å²) in [5, 5.41) is 1.51. The van der Waals surface area contributed by atoms with Gasteiger partial charge in [0.15, 0.2) is 31.2 Å². The first-order chi connectivity index (χ1) is 22.6. The molecule has 0 amide bonds. The van der Waals surface area contributed by atoms with Gasteiger partial charge in [-0.05, 0) is 78.2 Å². The quantitative estimate of drug-likeness (QED) is 0.131. The molecule has 8 nitrogen and oxygen atoms in total. The number of hydrogen-bond donors (Lipinski definition) is 1. The summed E-state index contributed by atoms with van der Waals surface area (Å²) in [6.07, 6.45) is 1.62. The summed E-state index contributed by atoms with van der Waals surface area (Å²) in [5.41, 5.74) is 8.14. The van der Waals surface area contributed by atoms with Gasteiger partial charge in [-0.15, -0.1) is 0 Å². The number of nitrogens with two attached hydrogens (primary N) is 1. The fraction of sp³-hybridized carbons (Fsp3) is 0.657. The first-order valence-corrected chi connectivity index (χ1v) is 26.1. The Kier molecular flexibility index (Phi) is 13.4. The molecule has 0 spiro atoms. The van der Waals surface area contributed by atoms with Gasteiger partial charge < -0.3 is 28.3 Å². The van der Waals surface area contributed by atoms with Crippen LogP contribution in [0.2, 0.25) is 59.4 Å². The standard InChI is InChI=1S/C35H59ClN4O4Si3/c1-10-45(11-2,12-3)42-29(26-19-21-27(36)22-20-26)30-31(43-46(13-4,14-5)15-6)32(44-47(16-7,17-8)18-9)35(41-30)40-24-23-28-33(37)38-25-39-34(28)40/h19-25,29-32,35H,10-18H2,1-9H3,(H2,37,38,39)/t29?,30-,31-,32-,35+/m1/s1. The monoisotopic (exact) mass is 718 g/mol. The minimum Gasteiger partial charge on any atom is -0.408 e. The van der Waals surface area contributed by atoms with Gasteiger partial charge in [0.1, 0.15) is 36.1 Å². The molecular formula is C35H59ClN4O4Si3. The zero-order valence-electron chi connectivity index (χ0n) is 30.2. The van der Waals surface area contributed by atoms with Crippen LogP contribution in [-0.2, 0) is 18.0 Å². The van der Waals surface area contributed by atoms with Gasteiger partial charge in [-0.3, -0.25) is 0 Å². The third kappa shape index (κ3) is 7.77. The van der Waals surface area contributed by atoms with Crippen LogP contribution in [0.25, 0.3) is 11.0 Å². The van der Waals surface area contributed by atoms with E-state index in [-0.39, 0.29) is 18.3 Å². The van der Waals surface area contributed by atoms with E-state index in [1.54, 1.807) is 0 Å². The predicted molar refractivity (Wildman–Crippen MR) is 202 cm³/mol. The van der Waals surface area contributed by atoms with E-state index in [1.807, 2.05) is 24.4 Å². The molecule has 3 heterocycles. The van der Waals surface area contributed by atoms with Crippen LogP contribution < -0.4 is 5.73 Å². The molecule has 1 saturated heterocycles. The number of ether oxygens (including phenoxy) is 1. The van der Waals surface area contributed by atoms with Crippen LogP contribution in [0.1, 0.15) is 80.2 Å². The van der Waals surface area contributed by atoms with Crippen molar-refractivity contribution < 1.29 is 18.0 Å². The molecule has 0 saturated carbocycles. The summed E-state index contributed by atoms with van der Waals surface area (Å²) in [7, 11) is -6.42. The van der Waals surface area contributed by atoms with E-state index in [0.717, 1.165) is 71.0 Å². The van der Waals surface area contributed by atoms with Gasteiger partial charge in [0.05, 0.1) is 11.5 Å². The van der Waals surface area contributed by atoms with Crippen LogP contribution in [-0.4, -0.2) is 57.8 Å². The highest BCUT2D eigenvalue weighted by Crippen LogP contribution is 2.47. The van der Waals surface area contributed by atoms with Gasteiger partial charge >= 0.3 is 0 Å². The van der Waals surface area contributed by atoms with Crippen molar-refractivity contribution in [3.8, 4) is 0 Å². The fourth-order valence-corrected chi connectivity index (χ4v) is 16.0. The third-order valence-corrected chi connectivity index (χ3v) is 25.6. The van der Waals surface area contributed by atoms with Gasteiger partial charge in [-0.25, -0.2) is 9.97 Å². The maximum absolute atomic E-state index is 7.61. The molecular weight excluding hydrogens is 660 g/mol. The minimum atomic E-state index is -2.15. The van der Waals surface area contributed by atoms with Crippen LogP contribution in [0, 0.1) is 0 Å². The molecule has 1 aliphatic rings. The number of rotatable bonds is 18. The Bertz CT molecular complexity index is 1390. The van der Waals surface area contributed by atoms with Crippen LogP contribution in [0.15, 0.2) is 42.9 Å². The Balaban J connectivity index is 1.99. The van der Waals surface area contributed by atoms with Crippen LogP contribution in [0.3, 0.4) is 0 Å². The highest BCUT2D eigenvalue weighted by atomic mass is 35.5. The molecule has 1 aliphatic heterocycles. The van der Waals surface area contributed by atoms with Crippen molar-refractivity contribution in [1.82, 2.24) is 14.5 Å². The number of halogens is 1. The Morgan fingerprint density at radius 2 is 1.26 bits per heavy atom. The van der Waals surface area contributed by atoms with E-state index in [4.69, 9.17) is 40.3 Å². The molecule has 5 atom stereocenters. The highest BCUT2D eigenvalue weighted by Gasteiger charge is 2.56. The van der Waals surface area contributed by atoms with E-state index in [0.29, 0.717) is 10.8 Å². The van der Waals surface area contributed by atoms with Crippen molar-refractivity contribution in [2.45, 2.75) is 147 Å². The fourth-order valence-electron chi connectivity index (χ4n) is 7.41. The van der Waals surface area contributed by atoms with Gasteiger partial charge in [0.25, 0.3) is 0 Å². The Labute approximate surface area is 291 Å². The molecule has 47 heavy (non-hydrogen) atoms. The number of nitrogens with zero attached hydrogens (tertiary/aromatic N) is 3. The van der Waals surface area contributed by atoms with Crippen molar-refractivity contribution in [3.63, 3.8) is 0 Å². The number of hydrogen-bond acceptors (Lipinski definition) is 7. The molecule has 2 N–H and O–H groups in total. The summed E-state index contributed by atoms with van der Waals surface area (Å²) < 4.78 is 32.1.